The van der Waals surface area contributed by atoms with Crippen molar-refractivity contribution in [1.82, 2.24) is 10.3 Å². The molecule has 6 heteroatoms. The predicted octanol–water partition coefficient (Wildman–Crippen LogP) is 5.06. The fourth-order valence-electron chi connectivity index (χ4n) is 2.31. The van der Waals surface area contributed by atoms with E-state index in [9.17, 15) is 0 Å². The highest BCUT2D eigenvalue weighted by Gasteiger charge is 2.13. The first-order valence-corrected chi connectivity index (χ1v) is 8.79. The number of methoxy groups -OCH3 is 2. The summed E-state index contributed by atoms with van der Waals surface area (Å²) in [5.74, 6) is 1.71. The van der Waals surface area contributed by atoms with Crippen LogP contribution in [0.2, 0.25) is 0 Å². The van der Waals surface area contributed by atoms with E-state index in [1.165, 1.54) is 4.88 Å². The van der Waals surface area contributed by atoms with Gasteiger partial charge in [0.15, 0.2) is 0 Å². The van der Waals surface area contributed by atoms with E-state index < -0.39 is 0 Å². The molecule has 1 aromatic heterocycles. The molecule has 0 aliphatic heterocycles. The molecule has 0 saturated carbocycles. The third kappa shape index (κ3) is 5.46. The normalized spacial score (nSPS) is 9.58. The number of thiazole rings is 1. The van der Waals surface area contributed by atoms with Crippen LogP contribution >= 0.6 is 23.7 Å². The molecule has 0 radical (unpaired) electrons. The van der Waals surface area contributed by atoms with Crippen molar-refractivity contribution in [3.63, 3.8) is 0 Å². The van der Waals surface area contributed by atoms with Gasteiger partial charge in [-0.3, -0.25) is 0 Å². The number of hydrogen-bond donors (Lipinski definition) is 1. The van der Waals surface area contributed by atoms with Gasteiger partial charge >= 0.3 is 0 Å². The van der Waals surface area contributed by atoms with Crippen molar-refractivity contribution in [1.29, 1.82) is 0 Å². The molecule has 0 atom stereocenters. The van der Waals surface area contributed by atoms with Crippen LogP contribution in [0.1, 0.15) is 5.01 Å². The SMILES string of the molecule is CNC.COc1ccc(-c2nc(C)sc2-c2ccc(OC)cc2)cc1.Cl. The number of nitrogens with zero attached hydrogens (tertiary/aromatic N) is 1. The molecule has 1 heterocycles. The van der Waals surface area contributed by atoms with E-state index in [1.54, 1.807) is 25.6 Å². The van der Waals surface area contributed by atoms with Gasteiger partial charge in [-0.05, 0) is 75.1 Å². The van der Waals surface area contributed by atoms with Gasteiger partial charge in [-0.1, -0.05) is 0 Å². The minimum absolute atomic E-state index is 0. The average molecular weight is 393 g/mol. The second-order valence-corrected chi connectivity index (χ2v) is 6.57. The summed E-state index contributed by atoms with van der Waals surface area (Å²) in [7, 11) is 7.10. The highest BCUT2D eigenvalue weighted by atomic mass is 35.5. The lowest BCUT2D eigenvalue weighted by atomic mass is 10.1. The maximum Gasteiger partial charge on any atom is 0.118 e. The van der Waals surface area contributed by atoms with Gasteiger partial charge < -0.3 is 14.8 Å². The van der Waals surface area contributed by atoms with E-state index in [4.69, 9.17) is 14.5 Å². The summed E-state index contributed by atoms with van der Waals surface area (Å²) in [6.07, 6.45) is 0. The molecule has 0 bridgehead atoms. The minimum atomic E-state index is 0. The number of halogens is 1. The maximum absolute atomic E-state index is 5.22. The molecule has 3 rings (SSSR count). The van der Waals surface area contributed by atoms with E-state index in [1.807, 2.05) is 57.4 Å². The Labute approximate surface area is 165 Å². The van der Waals surface area contributed by atoms with Crippen LogP contribution in [0.25, 0.3) is 21.7 Å². The van der Waals surface area contributed by atoms with Crippen LogP contribution < -0.4 is 14.8 Å². The van der Waals surface area contributed by atoms with Crippen LogP contribution in [0.3, 0.4) is 0 Å². The molecule has 0 aliphatic carbocycles. The zero-order valence-electron chi connectivity index (χ0n) is 15.7. The molecule has 1 N–H and O–H groups in total. The number of benzene rings is 2. The van der Waals surface area contributed by atoms with Crippen LogP contribution in [0, 0.1) is 6.92 Å². The molecule has 0 amide bonds. The summed E-state index contributed by atoms with van der Waals surface area (Å²) in [4.78, 5) is 5.87. The van der Waals surface area contributed by atoms with E-state index in [2.05, 4.69) is 17.4 Å². The lowest BCUT2D eigenvalue weighted by molar-refractivity contribution is 0.414. The summed E-state index contributed by atoms with van der Waals surface area (Å²) in [5, 5.41) is 3.80. The topological polar surface area (TPSA) is 43.4 Å². The van der Waals surface area contributed by atoms with Gasteiger partial charge in [0.1, 0.15) is 11.5 Å². The largest absolute Gasteiger partial charge is 0.497 e. The summed E-state index contributed by atoms with van der Waals surface area (Å²) in [6.45, 7) is 2.03. The van der Waals surface area contributed by atoms with Gasteiger partial charge in [-0.25, -0.2) is 4.98 Å². The number of aryl methyl sites for hydroxylation is 1. The molecule has 140 valence electrons. The van der Waals surface area contributed by atoms with Gasteiger partial charge in [0.05, 0.1) is 29.8 Å². The molecule has 26 heavy (non-hydrogen) atoms. The lowest BCUT2D eigenvalue weighted by Gasteiger charge is -2.05. The molecule has 3 aromatic rings. The molecular weight excluding hydrogens is 368 g/mol. The van der Waals surface area contributed by atoms with Crippen molar-refractivity contribution < 1.29 is 9.47 Å². The van der Waals surface area contributed by atoms with Crippen LogP contribution in [0.15, 0.2) is 48.5 Å². The first-order valence-electron chi connectivity index (χ1n) is 7.97. The standard InChI is InChI=1S/C18H17NO2S.C2H7N.ClH/c1-12-19-17(13-4-8-15(20-2)9-5-13)18(22-12)14-6-10-16(21-3)11-7-14;1-3-2;/h4-11H,1-3H3;3H,1-2H3;1H. The number of rotatable bonds is 4. The molecule has 0 aliphatic rings. The van der Waals surface area contributed by atoms with Gasteiger partial charge in [0, 0.05) is 5.56 Å². The molecular formula is C20H25ClN2O2S. The Hall–Kier alpha value is -2.08. The molecule has 4 nitrogen and oxygen atoms in total. The van der Waals surface area contributed by atoms with Crippen molar-refractivity contribution in [2.24, 2.45) is 0 Å². The van der Waals surface area contributed by atoms with Gasteiger partial charge in [0.25, 0.3) is 0 Å². The molecule has 0 fully saturated rings. The van der Waals surface area contributed by atoms with E-state index >= 15 is 0 Å². The number of nitrogens with one attached hydrogen (secondary N) is 1. The monoisotopic (exact) mass is 392 g/mol. The van der Waals surface area contributed by atoms with Crippen molar-refractivity contribution in [2.45, 2.75) is 6.92 Å². The molecule has 2 aromatic carbocycles. The van der Waals surface area contributed by atoms with Crippen LogP contribution in [0.5, 0.6) is 11.5 Å². The minimum Gasteiger partial charge on any atom is -0.497 e. The number of ether oxygens (including phenoxy) is 2. The number of hydrogen-bond acceptors (Lipinski definition) is 5. The van der Waals surface area contributed by atoms with Gasteiger partial charge in [-0.2, -0.15) is 0 Å². The molecule has 0 saturated heterocycles. The highest BCUT2D eigenvalue weighted by molar-refractivity contribution is 7.15. The van der Waals surface area contributed by atoms with Crippen molar-refractivity contribution in [3.05, 3.63) is 53.5 Å². The first-order chi connectivity index (χ1) is 12.1. The van der Waals surface area contributed by atoms with E-state index in [0.717, 1.165) is 33.3 Å². The van der Waals surface area contributed by atoms with Crippen molar-refractivity contribution in [3.8, 4) is 33.2 Å². The first kappa shape index (κ1) is 22.0. The molecule has 0 spiro atoms. The third-order valence-electron chi connectivity index (χ3n) is 3.45. The van der Waals surface area contributed by atoms with Crippen LogP contribution in [-0.2, 0) is 0 Å². The number of aromatic nitrogens is 1. The maximum atomic E-state index is 5.22. The Morgan fingerprint density at radius 3 is 1.65 bits per heavy atom. The second-order valence-electron chi connectivity index (χ2n) is 5.37. The summed E-state index contributed by atoms with van der Waals surface area (Å²) < 4.78 is 10.4. The van der Waals surface area contributed by atoms with E-state index in [0.29, 0.717) is 0 Å². The Balaban J connectivity index is 0.000000791. The third-order valence-corrected chi connectivity index (χ3v) is 4.47. The second kappa shape index (κ2) is 10.8. The summed E-state index contributed by atoms with van der Waals surface area (Å²) >= 11 is 1.70. The van der Waals surface area contributed by atoms with Gasteiger partial charge in [-0.15, -0.1) is 23.7 Å². The van der Waals surface area contributed by atoms with Crippen molar-refractivity contribution in [2.75, 3.05) is 28.3 Å². The average Bonchev–Trinajstić information content (AvgIpc) is 3.04. The summed E-state index contributed by atoms with van der Waals surface area (Å²) in [6, 6.07) is 16.1. The Kier molecular flexibility index (Phi) is 9.13. The van der Waals surface area contributed by atoms with Gasteiger partial charge in [0.2, 0.25) is 0 Å². The fraction of sp³-hybridized carbons (Fsp3) is 0.250. The lowest BCUT2D eigenvalue weighted by Crippen LogP contribution is -1.89. The smallest absolute Gasteiger partial charge is 0.118 e. The molecule has 0 unspecified atom stereocenters. The zero-order chi connectivity index (χ0) is 18.2. The summed E-state index contributed by atoms with van der Waals surface area (Å²) in [5.41, 5.74) is 3.25. The Bertz CT molecular complexity index is 722. The quantitative estimate of drug-likeness (QED) is 0.673. The van der Waals surface area contributed by atoms with E-state index in [-0.39, 0.29) is 12.4 Å². The zero-order valence-corrected chi connectivity index (χ0v) is 17.3. The van der Waals surface area contributed by atoms with Crippen LogP contribution in [-0.4, -0.2) is 33.3 Å². The highest BCUT2D eigenvalue weighted by Crippen LogP contribution is 2.37. The Morgan fingerprint density at radius 1 is 0.808 bits per heavy atom. The van der Waals surface area contributed by atoms with Crippen molar-refractivity contribution >= 4 is 23.7 Å². The predicted molar refractivity (Wildman–Crippen MR) is 113 cm³/mol. The van der Waals surface area contributed by atoms with Crippen LogP contribution in [0.4, 0.5) is 0 Å². The Morgan fingerprint density at radius 2 is 1.23 bits per heavy atom. The fourth-order valence-corrected chi connectivity index (χ4v) is 3.26.